The maximum Gasteiger partial charge on any atom is 0.163 e. The molecule has 0 atom stereocenters. The van der Waals surface area contributed by atoms with Crippen molar-refractivity contribution >= 4 is 34.2 Å². The maximum absolute atomic E-state index is 6.02. The summed E-state index contributed by atoms with van der Waals surface area (Å²) in [6, 6.07) is 11.4. The molecule has 0 fully saturated rings. The molecule has 3 aromatic rings. The van der Waals surface area contributed by atoms with Gasteiger partial charge in [0.1, 0.15) is 18.8 Å². The molecular formula is C23H25N3O3S. The van der Waals surface area contributed by atoms with Gasteiger partial charge in [0.2, 0.25) is 0 Å². The summed E-state index contributed by atoms with van der Waals surface area (Å²) in [4.78, 5) is 8.82. The lowest BCUT2D eigenvalue weighted by Crippen LogP contribution is -2.08. The van der Waals surface area contributed by atoms with Crippen molar-refractivity contribution in [2.24, 2.45) is 0 Å². The molecule has 0 spiro atoms. The van der Waals surface area contributed by atoms with Crippen molar-refractivity contribution in [1.29, 1.82) is 0 Å². The molecule has 0 radical (unpaired) electrons. The lowest BCUT2D eigenvalue weighted by molar-refractivity contribution is 0.143. The Labute approximate surface area is 181 Å². The van der Waals surface area contributed by atoms with Crippen molar-refractivity contribution in [3.05, 3.63) is 48.3 Å². The molecule has 0 bridgehead atoms. The predicted octanol–water partition coefficient (Wildman–Crippen LogP) is 4.51. The van der Waals surface area contributed by atoms with Crippen LogP contribution in [-0.4, -0.2) is 48.4 Å². The van der Waals surface area contributed by atoms with Crippen molar-refractivity contribution in [3.63, 3.8) is 0 Å². The lowest BCUT2D eigenvalue weighted by atomic mass is 10.2. The van der Waals surface area contributed by atoms with Gasteiger partial charge in [-0.1, -0.05) is 18.9 Å². The van der Waals surface area contributed by atoms with Crippen molar-refractivity contribution in [1.82, 2.24) is 9.97 Å². The van der Waals surface area contributed by atoms with Crippen LogP contribution in [0.2, 0.25) is 0 Å². The third-order valence-electron chi connectivity index (χ3n) is 4.23. The van der Waals surface area contributed by atoms with Gasteiger partial charge >= 0.3 is 0 Å². The van der Waals surface area contributed by atoms with Gasteiger partial charge in [-0.05, 0) is 30.0 Å². The van der Waals surface area contributed by atoms with E-state index in [1.807, 2.05) is 48.2 Å². The molecule has 0 aliphatic heterocycles. The Hall–Kier alpha value is -2.95. The monoisotopic (exact) mass is 423 g/mol. The number of thioether (sulfide) groups is 1. The van der Waals surface area contributed by atoms with E-state index in [9.17, 15) is 0 Å². The van der Waals surface area contributed by atoms with Crippen molar-refractivity contribution < 1.29 is 14.2 Å². The highest BCUT2D eigenvalue weighted by atomic mass is 32.2. The highest BCUT2D eigenvalue weighted by Gasteiger charge is 2.13. The number of ether oxygens (including phenoxy) is 3. The van der Waals surface area contributed by atoms with E-state index in [1.54, 1.807) is 7.11 Å². The molecule has 1 heterocycles. The van der Waals surface area contributed by atoms with Gasteiger partial charge in [-0.2, -0.15) is 11.8 Å². The van der Waals surface area contributed by atoms with Crippen LogP contribution in [0.5, 0.6) is 11.5 Å². The molecular weight excluding hydrogens is 398 g/mol. The first kappa shape index (κ1) is 21.8. The number of rotatable bonds is 11. The Morgan fingerprint density at radius 1 is 1.07 bits per heavy atom. The van der Waals surface area contributed by atoms with E-state index in [4.69, 9.17) is 20.6 Å². The Balaban J connectivity index is 1.93. The number of anilines is 2. The molecule has 7 heteroatoms. The van der Waals surface area contributed by atoms with Crippen LogP contribution in [0.4, 0.5) is 11.5 Å². The predicted molar refractivity (Wildman–Crippen MR) is 123 cm³/mol. The minimum atomic E-state index is 0.428. The molecule has 30 heavy (non-hydrogen) atoms. The topological polar surface area (TPSA) is 65.5 Å². The fourth-order valence-electron chi connectivity index (χ4n) is 2.80. The Bertz CT molecular complexity index is 1020. The van der Waals surface area contributed by atoms with Gasteiger partial charge in [0.15, 0.2) is 11.5 Å². The summed E-state index contributed by atoms with van der Waals surface area (Å²) in [5, 5.41) is 4.16. The summed E-state index contributed by atoms with van der Waals surface area (Å²) in [7, 11) is 1.64. The number of benzene rings is 2. The van der Waals surface area contributed by atoms with Gasteiger partial charge in [-0.15, -0.1) is 6.42 Å². The molecule has 2 aromatic carbocycles. The summed E-state index contributed by atoms with van der Waals surface area (Å²) >= 11 is 1.83. The van der Waals surface area contributed by atoms with Crippen molar-refractivity contribution in [3.8, 4) is 23.8 Å². The van der Waals surface area contributed by atoms with Gasteiger partial charge < -0.3 is 19.5 Å². The molecule has 156 valence electrons. The Kier molecular flexibility index (Phi) is 8.19. The van der Waals surface area contributed by atoms with E-state index in [1.165, 1.54) is 6.33 Å². The zero-order valence-corrected chi connectivity index (χ0v) is 18.0. The number of hydrogen-bond donors (Lipinski definition) is 1. The quantitative estimate of drug-likeness (QED) is 0.359. The number of nitrogens with zero attached hydrogens (tertiary/aromatic N) is 2. The Morgan fingerprint density at radius 3 is 2.70 bits per heavy atom. The zero-order valence-electron chi connectivity index (χ0n) is 17.2. The Morgan fingerprint density at radius 2 is 1.90 bits per heavy atom. The second-order valence-electron chi connectivity index (χ2n) is 6.28. The first-order chi connectivity index (χ1) is 14.7. The standard InChI is InChI=1S/C23H25N3O3S/c1-4-17-7-6-8-18(13-17)26-23-19-14-21(29-11-12-30-5-2)22(28-10-9-27-3)15-20(19)24-16-25-23/h1,6-8,13-16H,5,9-12H2,2-3H3,(H,24,25,26). The highest BCUT2D eigenvalue weighted by molar-refractivity contribution is 7.99. The summed E-state index contributed by atoms with van der Waals surface area (Å²) < 4.78 is 17.0. The smallest absolute Gasteiger partial charge is 0.163 e. The fraction of sp³-hybridized carbons (Fsp3) is 0.304. The third-order valence-corrected chi connectivity index (χ3v) is 5.09. The molecule has 0 amide bonds. The van der Waals surface area contributed by atoms with E-state index in [0.29, 0.717) is 37.1 Å². The van der Waals surface area contributed by atoms with Crippen LogP contribution in [0.3, 0.4) is 0 Å². The normalized spacial score (nSPS) is 10.6. The molecule has 1 aromatic heterocycles. The molecule has 0 aliphatic carbocycles. The van der Waals surface area contributed by atoms with Gasteiger partial charge in [0.05, 0.1) is 18.7 Å². The molecule has 0 unspecified atom stereocenters. The molecule has 3 rings (SSSR count). The number of methoxy groups -OCH3 is 1. The molecule has 1 N–H and O–H groups in total. The van der Waals surface area contributed by atoms with Crippen LogP contribution in [0, 0.1) is 12.3 Å². The lowest BCUT2D eigenvalue weighted by Gasteiger charge is -2.15. The van der Waals surface area contributed by atoms with Crippen LogP contribution in [0.1, 0.15) is 12.5 Å². The van der Waals surface area contributed by atoms with Crippen LogP contribution >= 0.6 is 11.8 Å². The van der Waals surface area contributed by atoms with Gasteiger partial charge in [-0.25, -0.2) is 9.97 Å². The summed E-state index contributed by atoms with van der Waals surface area (Å²) in [6.07, 6.45) is 7.03. The molecule has 0 saturated heterocycles. The van der Waals surface area contributed by atoms with Crippen molar-refractivity contribution in [2.45, 2.75) is 6.92 Å². The average molecular weight is 424 g/mol. The van der Waals surface area contributed by atoms with E-state index < -0.39 is 0 Å². The summed E-state index contributed by atoms with van der Waals surface area (Å²) in [5.41, 5.74) is 2.40. The number of nitrogens with one attached hydrogen (secondary N) is 1. The number of terminal acetylenes is 1. The number of fused-ring (bicyclic) bond motifs is 1. The van der Waals surface area contributed by atoms with E-state index in [0.717, 1.165) is 33.7 Å². The van der Waals surface area contributed by atoms with Crippen LogP contribution in [0.25, 0.3) is 10.9 Å². The zero-order chi connectivity index (χ0) is 21.2. The van der Waals surface area contributed by atoms with Gasteiger partial charge in [0, 0.05) is 35.6 Å². The number of hydrogen-bond acceptors (Lipinski definition) is 7. The van der Waals surface area contributed by atoms with Gasteiger partial charge in [-0.3, -0.25) is 0 Å². The molecule has 0 aliphatic rings. The summed E-state index contributed by atoms with van der Waals surface area (Å²) in [5.74, 6) is 6.57. The second kappa shape index (κ2) is 11.3. The number of aromatic nitrogens is 2. The largest absolute Gasteiger partial charge is 0.489 e. The van der Waals surface area contributed by atoms with Crippen LogP contribution in [0.15, 0.2) is 42.7 Å². The maximum atomic E-state index is 6.02. The first-order valence-electron chi connectivity index (χ1n) is 9.70. The molecule has 6 nitrogen and oxygen atoms in total. The third kappa shape index (κ3) is 5.78. The van der Waals surface area contributed by atoms with E-state index in [-0.39, 0.29) is 0 Å². The highest BCUT2D eigenvalue weighted by Crippen LogP contribution is 2.35. The molecule has 0 saturated carbocycles. The fourth-order valence-corrected chi connectivity index (χ4v) is 3.29. The minimum absolute atomic E-state index is 0.428. The van der Waals surface area contributed by atoms with Gasteiger partial charge in [0.25, 0.3) is 0 Å². The second-order valence-corrected chi connectivity index (χ2v) is 7.67. The van der Waals surface area contributed by atoms with Crippen LogP contribution in [-0.2, 0) is 4.74 Å². The van der Waals surface area contributed by atoms with Crippen LogP contribution < -0.4 is 14.8 Å². The SMILES string of the molecule is C#Cc1cccc(Nc2ncnc3cc(OCCOC)c(OCCSCC)cc23)c1. The summed E-state index contributed by atoms with van der Waals surface area (Å²) in [6.45, 7) is 3.64. The minimum Gasteiger partial charge on any atom is -0.489 e. The van der Waals surface area contributed by atoms with Crippen molar-refractivity contribution in [2.75, 3.05) is 43.8 Å². The average Bonchev–Trinajstić information content (AvgIpc) is 2.77. The first-order valence-corrected chi connectivity index (χ1v) is 10.9. The van der Waals surface area contributed by atoms with E-state index >= 15 is 0 Å². The van der Waals surface area contributed by atoms with E-state index in [2.05, 4.69) is 28.1 Å².